The van der Waals surface area contributed by atoms with Crippen LogP contribution in [0.3, 0.4) is 0 Å². The lowest BCUT2D eigenvalue weighted by molar-refractivity contribution is 0.0950. The second kappa shape index (κ2) is 9.99. The van der Waals surface area contributed by atoms with Crippen LogP contribution in [0.5, 0.6) is 5.75 Å². The number of hydrogen-bond donors (Lipinski definition) is 2. The summed E-state index contributed by atoms with van der Waals surface area (Å²) < 4.78 is 25.0. The van der Waals surface area contributed by atoms with Crippen LogP contribution in [0, 0.1) is 0 Å². The largest absolute Gasteiger partial charge is 0.502 e. The summed E-state index contributed by atoms with van der Waals surface area (Å²) in [7, 11) is -2.03. The van der Waals surface area contributed by atoms with Gasteiger partial charge in [-0.2, -0.15) is 0 Å². The number of amides is 1. The minimum Gasteiger partial charge on any atom is -0.502 e. The van der Waals surface area contributed by atoms with Gasteiger partial charge in [-0.3, -0.25) is 9.59 Å². The number of hydrogen-bond acceptors (Lipinski definition) is 5. The van der Waals surface area contributed by atoms with E-state index >= 15 is 0 Å². The number of nitrogens with one attached hydrogen (secondary N) is 1. The number of pyridine rings is 1. The Bertz CT molecular complexity index is 1380. The zero-order valence-corrected chi connectivity index (χ0v) is 20.3. The minimum atomic E-state index is -3.47. The summed E-state index contributed by atoms with van der Waals surface area (Å²) in [6, 6.07) is 12.7. The first-order chi connectivity index (χ1) is 15.5. The Morgan fingerprint density at radius 2 is 1.82 bits per heavy atom. The van der Waals surface area contributed by atoms with Crippen LogP contribution in [0.1, 0.15) is 22.3 Å². The number of aromatic hydroxyl groups is 1. The molecule has 0 aliphatic heterocycles. The van der Waals surface area contributed by atoms with Crippen molar-refractivity contribution in [2.45, 2.75) is 17.7 Å². The molecule has 0 fully saturated rings. The summed E-state index contributed by atoms with van der Waals surface area (Å²) in [4.78, 5) is 25.3. The van der Waals surface area contributed by atoms with Gasteiger partial charge in [0.2, 0.25) is 0 Å². The molecule has 10 heteroatoms. The Morgan fingerprint density at radius 1 is 1.09 bits per heavy atom. The average molecular weight is 509 g/mol. The Labute approximate surface area is 201 Å². The van der Waals surface area contributed by atoms with Gasteiger partial charge < -0.3 is 15.0 Å². The minimum absolute atomic E-state index is 0.0776. The molecule has 0 saturated carbocycles. The third-order valence-corrected chi connectivity index (χ3v) is 6.97. The number of halogens is 2. The topological polar surface area (TPSA) is 105 Å². The molecule has 1 aromatic heterocycles. The normalized spacial score (nSPS) is 11.4. The fourth-order valence-electron chi connectivity index (χ4n) is 3.31. The lowest BCUT2D eigenvalue weighted by Gasteiger charge is -2.13. The highest BCUT2D eigenvalue weighted by Gasteiger charge is 2.19. The number of carbonyl (C=O) groups is 1. The predicted molar refractivity (Wildman–Crippen MR) is 129 cm³/mol. The van der Waals surface area contributed by atoms with E-state index in [0.29, 0.717) is 40.7 Å². The van der Waals surface area contributed by atoms with Crippen LogP contribution in [0.25, 0.3) is 11.3 Å². The third kappa shape index (κ3) is 5.76. The van der Waals surface area contributed by atoms with Gasteiger partial charge in [-0.25, -0.2) is 8.42 Å². The quantitative estimate of drug-likeness (QED) is 0.471. The van der Waals surface area contributed by atoms with Crippen LogP contribution >= 0.6 is 23.2 Å². The highest BCUT2D eigenvalue weighted by molar-refractivity contribution is 7.90. The molecule has 7 nitrogen and oxygen atoms in total. The number of nitrogens with zero attached hydrogens (tertiary/aromatic N) is 1. The SMILES string of the molecule is Cn1c(-c2cccc(S(C)(=O)=O)c2)cc(C(=O)NCCCc2ccc(Cl)c(Cl)c2)c(O)c1=O. The van der Waals surface area contributed by atoms with Crippen LogP contribution in [0.2, 0.25) is 10.0 Å². The van der Waals surface area contributed by atoms with E-state index in [0.717, 1.165) is 16.4 Å². The lowest BCUT2D eigenvalue weighted by atomic mass is 10.1. The van der Waals surface area contributed by atoms with Crippen molar-refractivity contribution >= 4 is 38.9 Å². The summed E-state index contributed by atoms with van der Waals surface area (Å²) in [6.07, 6.45) is 2.32. The highest BCUT2D eigenvalue weighted by atomic mass is 35.5. The number of rotatable bonds is 7. The molecule has 33 heavy (non-hydrogen) atoms. The molecule has 2 aromatic carbocycles. The number of aromatic nitrogens is 1. The van der Waals surface area contributed by atoms with Gasteiger partial charge in [0, 0.05) is 19.8 Å². The van der Waals surface area contributed by atoms with Gasteiger partial charge in [-0.05, 0) is 54.3 Å². The van der Waals surface area contributed by atoms with Crippen LogP contribution in [0.15, 0.2) is 58.2 Å². The zero-order valence-electron chi connectivity index (χ0n) is 17.9. The van der Waals surface area contributed by atoms with E-state index in [2.05, 4.69) is 5.32 Å². The average Bonchev–Trinajstić information content (AvgIpc) is 2.77. The van der Waals surface area contributed by atoms with Gasteiger partial charge in [0.05, 0.1) is 26.2 Å². The molecule has 3 aromatic rings. The van der Waals surface area contributed by atoms with Gasteiger partial charge in [0.15, 0.2) is 15.6 Å². The smallest absolute Gasteiger partial charge is 0.293 e. The van der Waals surface area contributed by atoms with Crippen LogP contribution < -0.4 is 10.9 Å². The number of carbonyl (C=O) groups excluding carboxylic acids is 1. The van der Waals surface area contributed by atoms with Gasteiger partial charge in [0.25, 0.3) is 11.5 Å². The number of aryl methyl sites for hydroxylation is 1. The molecular formula is C23H22Cl2N2O5S. The van der Waals surface area contributed by atoms with Gasteiger partial charge in [-0.1, -0.05) is 41.4 Å². The van der Waals surface area contributed by atoms with Crippen molar-refractivity contribution in [3.63, 3.8) is 0 Å². The maximum Gasteiger partial charge on any atom is 0.293 e. The molecule has 0 saturated heterocycles. The van der Waals surface area contributed by atoms with E-state index in [1.54, 1.807) is 24.3 Å². The summed E-state index contributed by atoms with van der Waals surface area (Å²) in [6.45, 7) is 0.298. The molecule has 0 bridgehead atoms. The molecule has 1 heterocycles. The van der Waals surface area contributed by atoms with E-state index in [4.69, 9.17) is 23.2 Å². The molecule has 2 N–H and O–H groups in total. The Balaban J connectivity index is 1.80. The maximum atomic E-state index is 12.7. The van der Waals surface area contributed by atoms with Crippen molar-refractivity contribution in [3.8, 4) is 17.0 Å². The first-order valence-corrected chi connectivity index (χ1v) is 12.6. The number of benzene rings is 2. The van der Waals surface area contributed by atoms with Crippen molar-refractivity contribution in [2.24, 2.45) is 7.05 Å². The van der Waals surface area contributed by atoms with E-state index < -0.39 is 27.1 Å². The summed E-state index contributed by atoms with van der Waals surface area (Å²) >= 11 is 11.9. The first-order valence-electron chi connectivity index (χ1n) is 9.94. The summed E-state index contributed by atoms with van der Waals surface area (Å²) in [5.41, 5.74) is 0.726. The molecule has 0 aliphatic rings. The van der Waals surface area contributed by atoms with Crippen molar-refractivity contribution in [3.05, 3.63) is 80.1 Å². The number of sulfone groups is 1. The standard InChI is InChI=1S/C23H22Cl2N2O5S/c1-27-20(15-6-3-7-16(12-15)33(2,31)32)13-17(21(28)23(27)30)22(29)26-10-4-5-14-8-9-18(24)19(25)11-14/h3,6-9,11-13,28H,4-5,10H2,1-2H3,(H,26,29). The summed E-state index contributed by atoms with van der Waals surface area (Å²) in [5, 5.41) is 13.9. The van der Waals surface area contributed by atoms with E-state index in [9.17, 15) is 23.1 Å². The van der Waals surface area contributed by atoms with E-state index in [1.165, 1.54) is 25.2 Å². The van der Waals surface area contributed by atoms with Crippen molar-refractivity contribution in [1.82, 2.24) is 9.88 Å². The lowest BCUT2D eigenvalue weighted by Crippen LogP contribution is -2.28. The molecule has 0 spiro atoms. The summed E-state index contributed by atoms with van der Waals surface area (Å²) in [5.74, 6) is -1.29. The predicted octanol–water partition coefficient (Wildman–Crippen LogP) is 3.83. The Kier molecular flexibility index (Phi) is 7.51. The molecule has 0 atom stereocenters. The van der Waals surface area contributed by atoms with Gasteiger partial charge >= 0.3 is 0 Å². The molecular weight excluding hydrogens is 487 g/mol. The molecule has 1 amide bonds. The van der Waals surface area contributed by atoms with Crippen molar-refractivity contribution < 1.29 is 18.3 Å². The molecule has 174 valence electrons. The zero-order chi connectivity index (χ0) is 24.3. The molecule has 0 unspecified atom stereocenters. The highest BCUT2D eigenvalue weighted by Crippen LogP contribution is 2.25. The van der Waals surface area contributed by atoms with Crippen LogP contribution in [0.4, 0.5) is 0 Å². The second-order valence-corrected chi connectivity index (χ2v) is 10.4. The Morgan fingerprint density at radius 3 is 2.48 bits per heavy atom. The first kappa shape index (κ1) is 24.8. The fraction of sp³-hybridized carbons (Fsp3) is 0.217. The van der Waals surface area contributed by atoms with Crippen molar-refractivity contribution in [2.75, 3.05) is 12.8 Å². The van der Waals surface area contributed by atoms with Gasteiger partial charge in [0.1, 0.15) is 0 Å². The Hall–Kier alpha value is -2.81. The molecule has 0 aliphatic carbocycles. The van der Waals surface area contributed by atoms with E-state index in [-0.39, 0.29) is 10.5 Å². The second-order valence-electron chi connectivity index (χ2n) is 7.56. The molecule has 0 radical (unpaired) electrons. The monoisotopic (exact) mass is 508 g/mol. The molecule has 3 rings (SSSR count). The van der Waals surface area contributed by atoms with E-state index in [1.807, 2.05) is 6.07 Å². The third-order valence-electron chi connectivity index (χ3n) is 5.12. The van der Waals surface area contributed by atoms with Crippen molar-refractivity contribution in [1.29, 1.82) is 0 Å². The van der Waals surface area contributed by atoms with Crippen LogP contribution in [-0.2, 0) is 23.3 Å². The maximum absolute atomic E-state index is 12.7. The van der Waals surface area contributed by atoms with Crippen LogP contribution in [-0.4, -0.2) is 36.8 Å². The fourth-order valence-corrected chi connectivity index (χ4v) is 4.29. The van der Waals surface area contributed by atoms with Gasteiger partial charge in [-0.15, -0.1) is 0 Å².